The first-order chi connectivity index (χ1) is 8.82. The van der Waals surface area contributed by atoms with Gasteiger partial charge in [-0.2, -0.15) is 0 Å². The summed E-state index contributed by atoms with van der Waals surface area (Å²) in [5, 5.41) is 6.00. The fourth-order valence-corrected chi connectivity index (χ4v) is 3.32. The maximum Gasteiger partial charge on any atom is 0.224 e. The number of rotatable bonds is 4. The summed E-state index contributed by atoms with van der Waals surface area (Å²) in [5.41, 5.74) is 2.38. The highest BCUT2D eigenvalue weighted by atomic mass is 32.1. The molecule has 0 bridgehead atoms. The smallest absolute Gasteiger partial charge is 0.224 e. The van der Waals surface area contributed by atoms with E-state index in [1.54, 1.807) is 11.3 Å². The number of nitrogens with one attached hydrogen (secondary N) is 1. The number of carbonyl (C=O) groups excluding carboxylic acids is 1. The Morgan fingerprint density at radius 1 is 1.53 bits per heavy atom. The van der Waals surface area contributed by atoms with Gasteiger partial charge in [0.1, 0.15) is 5.01 Å². The maximum atomic E-state index is 12.2. The second-order valence-corrected chi connectivity index (χ2v) is 7.11. The molecule has 1 heterocycles. The highest BCUT2D eigenvalue weighted by Crippen LogP contribution is 2.59. The van der Waals surface area contributed by atoms with Crippen LogP contribution < -0.4 is 5.32 Å². The zero-order valence-corrected chi connectivity index (χ0v) is 13.1. The number of thiazole rings is 1. The van der Waals surface area contributed by atoms with E-state index in [0.29, 0.717) is 12.5 Å². The Bertz CT molecular complexity index is 512. The summed E-state index contributed by atoms with van der Waals surface area (Å²) in [6, 6.07) is 0. The number of nitrogens with zero attached hydrogens (tertiary/aromatic N) is 1. The van der Waals surface area contributed by atoms with Crippen LogP contribution >= 0.6 is 11.3 Å². The van der Waals surface area contributed by atoms with E-state index < -0.39 is 0 Å². The third kappa shape index (κ3) is 3.06. The summed E-state index contributed by atoms with van der Waals surface area (Å²) < 4.78 is 0. The molecule has 2 unspecified atom stereocenters. The number of amides is 1. The normalized spacial score (nSPS) is 23.8. The maximum absolute atomic E-state index is 12.2. The van der Waals surface area contributed by atoms with Gasteiger partial charge in [-0.3, -0.25) is 4.79 Å². The van der Waals surface area contributed by atoms with Gasteiger partial charge >= 0.3 is 0 Å². The molecule has 3 nitrogen and oxygen atoms in total. The Morgan fingerprint density at radius 2 is 2.21 bits per heavy atom. The van der Waals surface area contributed by atoms with Crippen molar-refractivity contribution in [3.63, 3.8) is 0 Å². The number of aryl methyl sites for hydroxylation is 1. The molecule has 0 aliphatic heterocycles. The summed E-state index contributed by atoms with van der Waals surface area (Å²) in [4.78, 5) is 16.6. The van der Waals surface area contributed by atoms with Crippen molar-refractivity contribution >= 4 is 17.2 Å². The topological polar surface area (TPSA) is 42.0 Å². The predicted octanol–water partition coefficient (Wildman–Crippen LogP) is 3.31. The van der Waals surface area contributed by atoms with E-state index in [2.05, 4.69) is 44.1 Å². The fourth-order valence-electron chi connectivity index (χ4n) is 2.61. The number of hydrogen-bond acceptors (Lipinski definition) is 3. The third-order valence-electron chi connectivity index (χ3n) is 3.79. The van der Waals surface area contributed by atoms with Crippen molar-refractivity contribution in [2.45, 2.75) is 41.2 Å². The van der Waals surface area contributed by atoms with Crippen molar-refractivity contribution in [1.82, 2.24) is 10.3 Å². The van der Waals surface area contributed by atoms with E-state index >= 15 is 0 Å². The highest BCUT2D eigenvalue weighted by molar-refractivity contribution is 7.09. The molecule has 2 rings (SSSR count). The van der Waals surface area contributed by atoms with Crippen LogP contribution in [0.3, 0.4) is 0 Å². The minimum atomic E-state index is 0.0835. The molecule has 1 aliphatic rings. The van der Waals surface area contributed by atoms with Gasteiger partial charge in [0.15, 0.2) is 0 Å². The van der Waals surface area contributed by atoms with Crippen LogP contribution in [0.5, 0.6) is 0 Å². The molecule has 104 valence electrons. The number of allylic oxidation sites excluding steroid dienone is 2. The van der Waals surface area contributed by atoms with Crippen LogP contribution in [0.25, 0.3) is 0 Å². The first kappa shape index (κ1) is 14.3. The Balaban J connectivity index is 1.93. The van der Waals surface area contributed by atoms with Gasteiger partial charge in [-0.05, 0) is 32.1 Å². The second kappa shape index (κ2) is 5.08. The molecule has 1 N–H and O–H groups in total. The summed E-state index contributed by atoms with van der Waals surface area (Å²) in [6.45, 7) is 11.0. The molecule has 0 spiro atoms. The van der Waals surface area contributed by atoms with Gasteiger partial charge in [0.05, 0.1) is 12.5 Å². The minimum Gasteiger partial charge on any atom is -0.349 e. The Morgan fingerprint density at radius 3 is 2.74 bits per heavy atom. The SMILES string of the molecule is CC(C)=CC1C(C(=O)NCc2nc(C)cs2)C1(C)C. The van der Waals surface area contributed by atoms with Gasteiger partial charge in [-0.1, -0.05) is 25.5 Å². The first-order valence-corrected chi connectivity index (χ1v) is 7.54. The van der Waals surface area contributed by atoms with Crippen molar-refractivity contribution < 1.29 is 4.79 Å². The van der Waals surface area contributed by atoms with E-state index in [0.717, 1.165) is 10.7 Å². The van der Waals surface area contributed by atoms with Crippen molar-refractivity contribution in [3.05, 3.63) is 27.7 Å². The number of carbonyl (C=O) groups is 1. The van der Waals surface area contributed by atoms with E-state index in [4.69, 9.17) is 0 Å². The standard InChI is InChI=1S/C15H22N2OS/c1-9(2)6-11-13(15(11,4)5)14(18)16-7-12-17-10(3)8-19-12/h6,8,11,13H,7H2,1-5H3,(H,16,18). The van der Waals surface area contributed by atoms with Crippen molar-refractivity contribution in [2.75, 3.05) is 0 Å². The molecule has 1 aromatic rings. The van der Waals surface area contributed by atoms with Crippen LogP contribution in [-0.2, 0) is 11.3 Å². The summed E-state index contributed by atoms with van der Waals surface area (Å²) in [5.74, 6) is 0.624. The first-order valence-electron chi connectivity index (χ1n) is 6.66. The molecular weight excluding hydrogens is 256 g/mol. The Labute approximate surface area is 119 Å². The molecule has 1 saturated carbocycles. The zero-order valence-electron chi connectivity index (χ0n) is 12.3. The highest BCUT2D eigenvalue weighted by Gasteiger charge is 2.60. The zero-order chi connectivity index (χ0) is 14.2. The average Bonchev–Trinajstić information content (AvgIpc) is 2.67. The quantitative estimate of drug-likeness (QED) is 0.859. The van der Waals surface area contributed by atoms with Crippen LogP contribution in [0.2, 0.25) is 0 Å². The van der Waals surface area contributed by atoms with Gasteiger partial charge in [0, 0.05) is 11.1 Å². The van der Waals surface area contributed by atoms with Crippen LogP contribution in [0.1, 0.15) is 38.4 Å². The largest absolute Gasteiger partial charge is 0.349 e. The fraction of sp³-hybridized carbons (Fsp3) is 0.600. The lowest BCUT2D eigenvalue weighted by atomic mass is 10.1. The molecule has 19 heavy (non-hydrogen) atoms. The monoisotopic (exact) mass is 278 g/mol. The molecular formula is C15H22N2OS. The molecule has 1 amide bonds. The van der Waals surface area contributed by atoms with Crippen molar-refractivity contribution in [3.8, 4) is 0 Å². The van der Waals surface area contributed by atoms with Gasteiger partial charge in [-0.25, -0.2) is 4.98 Å². The molecule has 0 aromatic carbocycles. The van der Waals surface area contributed by atoms with Gasteiger partial charge < -0.3 is 5.32 Å². The predicted molar refractivity (Wildman–Crippen MR) is 78.9 cm³/mol. The molecule has 1 aliphatic carbocycles. The van der Waals surface area contributed by atoms with E-state index in [1.807, 2.05) is 12.3 Å². The number of aromatic nitrogens is 1. The minimum absolute atomic E-state index is 0.0835. The lowest BCUT2D eigenvalue weighted by Gasteiger charge is -2.04. The Kier molecular flexibility index (Phi) is 3.81. The molecule has 2 atom stereocenters. The van der Waals surface area contributed by atoms with Crippen LogP contribution in [0.15, 0.2) is 17.0 Å². The molecule has 1 fully saturated rings. The van der Waals surface area contributed by atoms with Gasteiger partial charge in [0.25, 0.3) is 0 Å². The van der Waals surface area contributed by atoms with E-state index in [1.165, 1.54) is 5.57 Å². The van der Waals surface area contributed by atoms with E-state index in [9.17, 15) is 4.79 Å². The lowest BCUT2D eigenvalue weighted by Crippen LogP contribution is -2.26. The molecule has 0 saturated heterocycles. The van der Waals surface area contributed by atoms with Crippen molar-refractivity contribution in [1.29, 1.82) is 0 Å². The second-order valence-electron chi connectivity index (χ2n) is 6.17. The number of hydrogen-bond donors (Lipinski definition) is 1. The Hall–Kier alpha value is -1.16. The molecule has 1 aromatic heterocycles. The van der Waals surface area contributed by atoms with Crippen LogP contribution in [-0.4, -0.2) is 10.9 Å². The van der Waals surface area contributed by atoms with Gasteiger partial charge in [-0.15, -0.1) is 11.3 Å². The summed E-state index contributed by atoms with van der Waals surface area (Å²) in [7, 11) is 0. The third-order valence-corrected chi connectivity index (χ3v) is 4.75. The average molecular weight is 278 g/mol. The molecule has 4 heteroatoms. The van der Waals surface area contributed by atoms with Crippen LogP contribution in [0.4, 0.5) is 0 Å². The van der Waals surface area contributed by atoms with Crippen LogP contribution in [0, 0.1) is 24.2 Å². The van der Waals surface area contributed by atoms with E-state index in [-0.39, 0.29) is 17.2 Å². The summed E-state index contributed by atoms with van der Waals surface area (Å²) in [6.07, 6.45) is 2.22. The van der Waals surface area contributed by atoms with Crippen molar-refractivity contribution in [2.24, 2.45) is 17.3 Å². The van der Waals surface area contributed by atoms with Gasteiger partial charge in [0.2, 0.25) is 5.91 Å². The summed E-state index contributed by atoms with van der Waals surface area (Å²) >= 11 is 1.60. The molecule has 0 radical (unpaired) electrons. The lowest BCUT2D eigenvalue weighted by molar-refractivity contribution is -0.123.